The van der Waals surface area contributed by atoms with Crippen LogP contribution in [0.25, 0.3) is 32.7 Å². The molecule has 0 fully saturated rings. The van der Waals surface area contributed by atoms with Crippen molar-refractivity contribution in [3.8, 4) is 16.9 Å². The van der Waals surface area contributed by atoms with Gasteiger partial charge in [-0.2, -0.15) is 0 Å². The standard InChI is InChI=1S/C44H32OP2.C4H10.Na/c45-42-41(38-31-17-19-32-18-13-14-28-37(32)38)39-29-15-16-30-40(39)43(46(33-20-5-1-6-21-33)34-22-7-2-8-23-34)44(42)47(35-24-9-3-10-25-35)36-26-11-4-12-27-36;1-4(2)3;/h1-31,45H;4H,1-3H3;/q;;+1/p-1. The van der Waals surface area contributed by atoms with Gasteiger partial charge in [-0.25, -0.2) is 0 Å². The molecule has 0 aromatic heterocycles. The van der Waals surface area contributed by atoms with Crippen LogP contribution in [0.1, 0.15) is 20.8 Å². The molecule has 0 bridgehead atoms. The molecule has 0 heterocycles. The van der Waals surface area contributed by atoms with Crippen LogP contribution in [-0.4, -0.2) is 0 Å². The Balaban J connectivity index is 0.000000885. The third-order valence-corrected chi connectivity index (χ3v) is 13.9. The third kappa shape index (κ3) is 7.96. The summed E-state index contributed by atoms with van der Waals surface area (Å²) in [5.41, 5.74) is 1.77. The SMILES string of the molecule is CC(C)C.[Na+].[O-]c1c(P(c2ccccc2)c2ccccc2)c(P(c2ccccc2)c2ccccc2)c2ccccc2c1-c1cccc2ccccc12. The number of rotatable bonds is 7. The number of benzene rings is 8. The Bertz CT molecular complexity index is 2280. The van der Waals surface area contributed by atoms with Gasteiger partial charge in [-0.15, -0.1) is 0 Å². The van der Waals surface area contributed by atoms with Gasteiger partial charge in [0.05, 0.1) is 0 Å². The van der Waals surface area contributed by atoms with Crippen LogP contribution < -0.4 is 66.5 Å². The van der Waals surface area contributed by atoms with Crippen LogP contribution in [0.5, 0.6) is 5.75 Å². The Morgan fingerprint density at radius 1 is 0.385 bits per heavy atom. The fraction of sp³-hybridized carbons (Fsp3) is 0.0833. The Kier molecular flexibility index (Phi) is 12.8. The molecular weight excluding hydrogens is 677 g/mol. The average molecular weight is 719 g/mol. The van der Waals surface area contributed by atoms with Crippen LogP contribution in [0.4, 0.5) is 0 Å². The summed E-state index contributed by atoms with van der Waals surface area (Å²) < 4.78 is 0. The Hall–Kier alpha value is -4.06. The molecule has 0 aliphatic heterocycles. The molecule has 0 radical (unpaired) electrons. The van der Waals surface area contributed by atoms with Gasteiger partial charge in [-0.1, -0.05) is 215 Å². The Morgan fingerprint density at radius 2 is 0.731 bits per heavy atom. The van der Waals surface area contributed by atoms with E-state index < -0.39 is 15.8 Å². The zero-order chi connectivity index (χ0) is 35.2. The largest absolute Gasteiger partial charge is 1.00 e. The first-order valence-electron chi connectivity index (χ1n) is 17.6. The minimum atomic E-state index is -1.22. The molecule has 8 aromatic carbocycles. The van der Waals surface area contributed by atoms with E-state index in [1.807, 2.05) is 0 Å². The molecule has 8 aromatic rings. The van der Waals surface area contributed by atoms with E-state index in [1.54, 1.807) is 0 Å². The van der Waals surface area contributed by atoms with Crippen molar-refractivity contribution in [3.05, 3.63) is 188 Å². The third-order valence-electron chi connectivity index (χ3n) is 8.68. The van der Waals surface area contributed by atoms with Gasteiger partial charge in [0.2, 0.25) is 0 Å². The summed E-state index contributed by atoms with van der Waals surface area (Å²) in [6.45, 7) is 6.50. The molecule has 0 N–H and O–H groups in total. The molecule has 0 unspecified atom stereocenters. The monoisotopic (exact) mass is 718 g/mol. The van der Waals surface area contributed by atoms with Crippen molar-refractivity contribution in [3.63, 3.8) is 0 Å². The van der Waals surface area contributed by atoms with Crippen LogP contribution >= 0.6 is 15.8 Å². The zero-order valence-corrected chi connectivity index (χ0v) is 34.1. The van der Waals surface area contributed by atoms with Gasteiger partial charge in [-0.3, -0.25) is 0 Å². The van der Waals surface area contributed by atoms with E-state index in [9.17, 15) is 0 Å². The molecule has 0 saturated carbocycles. The van der Waals surface area contributed by atoms with E-state index in [2.05, 4.69) is 209 Å². The van der Waals surface area contributed by atoms with Gasteiger partial charge in [0.15, 0.2) is 0 Å². The summed E-state index contributed by atoms with van der Waals surface area (Å²) in [5, 5.41) is 27.1. The van der Waals surface area contributed by atoms with Gasteiger partial charge in [-0.05, 0) is 81.0 Å². The average Bonchev–Trinajstić information content (AvgIpc) is 3.17. The Labute approximate surface area is 333 Å². The van der Waals surface area contributed by atoms with Crippen LogP contribution in [0.3, 0.4) is 0 Å². The minimum absolute atomic E-state index is 0. The molecule has 0 atom stereocenters. The van der Waals surface area contributed by atoms with Crippen molar-refractivity contribution in [2.45, 2.75) is 20.8 Å². The van der Waals surface area contributed by atoms with E-state index >= 15 is 5.11 Å². The van der Waals surface area contributed by atoms with Crippen LogP contribution in [0, 0.1) is 5.92 Å². The summed E-state index contributed by atoms with van der Waals surface area (Å²) in [7, 11) is -2.32. The normalized spacial score (nSPS) is 11.0. The van der Waals surface area contributed by atoms with Crippen molar-refractivity contribution in [1.29, 1.82) is 0 Å². The van der Waals surface area contributed by atoms with Gasteiger partial charge < -0.3 is 5.11 Å². The van der Waals surface area contributed by atoms with E-state index in [0.29, 0.717) is 0 Å². The number of hydrogen-bond donors (Lipinski definition) is 0. The van der Waals surface area contributed by atoms with E-state index in [0.717, 1.165) is 49.2 Å². The smallest absolute Gasteiger partial charge is 0.872 e. The van der Waals surface area contributed by atoms with Gasteiger partial charge >= 0.3 is 29.6 Å². The Morgan fingerprint density at radius 3 is 1.19 bits per heavy atom. The van der Waals surface area contributed by atoms with Crippen LogP contribution in [-0.2, 0) is 0 Å². The first-order valence-corrected chi connectivity index (χ1v) is 20.3. The molecule has 0 saturated heterocycles. The molecule has 0 aliphatic rings. The summed E-state index contributed by atoms with van der Waals surface area (Å²) in [6.07, 6.45) is 0. The van der Waals surface area contributed by atoms with Crippen molar-refractivity contribution in [1.82, 2.24) is 0 Å². The van der Waals surface area contributed by atoms with Gasteiger partial charge in [0, 0.05) is 5.30 Å². The second kappa shape index (κ2) is 17.6. The molecule has 250 valence electrons. The summed E-state index contributed by atoms with van der Waals surface area (Å²) in [4.78, 5) is 0. The maximum atomic E-state index is 15.8. The maximum Gasteiger partial charge on any atom is 1.00 e. The van der Waals surface area contributed by atoms with Crippen LogP contribution in [0.15, 0.2) is 188 Å². The quantitative estimate of drug-likeness (QED) is 0.130. The van der Waals surface area contributed by atoms with Gasteiger partial charge in [0.25, 0.3) is 0 Å². The van der Waals surface area contributed by atoms with Crippen molar-refractivity contribution < 1.29 is 34.7 Å². The molecule has 4 heteroatoms. The second-order valence-corrected chi connectivity index (χ2v) is 17.5. The predicted octanol–water partition coefficient (Wildman–Crippen LogP) is 6.92. The first-order chi connectivity index (χ1) is 25.0. The zero-order valence-electron chi connectivity index (χ0n) is 30.3. The number of fused-ring (bicyclic) bond motifs is 2. The molecule has 0 aliphatic carbocycles. The van der Waals surface area contributed by atoms with Crippen molar-refractivity contribution in [2.75, 3.05) is 0 Å². The van der Waals surface area contributed by atoms with Gasteiger partial charge in [0.1, 0.15) is 0 Å². The molecule has 8 rings (SSSR count). The fourth-order valence-corrected chi connectivity index (χ4v) is 12.2. The topological polar surface area (TPSA) is 23.1 Å². The summed E-state index contributed by atoms with van der Waals surface area (Å²) >= 11 is 0. The molecular formula is C48H41NaOP2. The summed E-state index contributed by atoms with van der Waals surface area (Å²) in [5.74, 6) is 0.952. The first kappa shape index (κ1) is 37.7. The summed E-state index contributed by atoms with van der Waals surface area (Å²) in [6, 6.07) is 66.2. The van der Waals surface area contributed by atoms with Crippen molar-refractivity contribution >= 4 is 69.2 Å². The fourth-order valence-electron chi connectivity index (χ4n) is 6.65. The molecule has 1 nitrogen and oxygen atoms in total. The van der Waals surface area contributed by atoms with E-state index in [-0.39, 0.29) is 35.3 Å². The van der Waals surface area contributed by atoms with Crippen molar-refractivity contribution in [2.24, 2.45) is 5.92 Å². The molecule has 52 heavy (non-hydrogen) atoms. The number of hydrogen-bond acceptors (Lipinski definition) is 1. The van der Waals surface area contributed by atoms with Crippen LogP contribution in [0.2, 0.25) is 0 Å². The second-order valence-electron chi connectivity index (χ2n) is 13.2. The minimum Gasteiger partial charge on any atom is -0.872 e. The maximum absolute atomic E-state index is 15.8. The van der Waals surface area contributed by atoms with E-state index in [1.165, 1.54) is 21.2 Å². The molecule has 0 spiro atoms. The molecule has 0 amide bonds. The predicted molar refractivity (Wildman–Crippen MR) is 224 cm³/mol. The van der Waals surface area contributed by atoms with E-state index in [4.69, 9.17) is 0 Å².